The SMILES string of the molecule is CC1=C(C)CC(COc2cc(C)c(-c3cccc(COc4ccc5c(c4)OCC5CC(=O)O)c3)c(C)c2)OC1. The highest BCUT2D eigenvalue weighted by atomic mass is 16.5. The summed E-state index contributed by atoms with van der Waals surface area (Å²) in [5.41, 5.74) is 9.36. The van der Waals surface area contributed by atoms with Crippen LogP contribution in [0.2, 0.25) is 0 Å². The predicted octanol–water partition coefficient (Wildman–Crippen LogP) is 7.00. The van der Waals surface area contributed by atoms with Crippen LogP contribution < -0.4 is 14.2 Å². The van der Waals surface area contributed by atoms with Gasteiger partial charge < -0.3 is 24.1 Å². The fourth-order valence-corrected chi connectivity index (χ4v) is 5.41. The van der Waals surface area contributed by atoms with Crippen LogP contribution in [0, 0.1) is 13.8 Å². The van der Waals surface area contributed by atoms with Crippen LogP contribution >= 0.6 is 0 Å². The largest absolute Gasteiger partial charge is 0.492 e. The van der Waals surface area contributed by atoms with Crippen LogP contribution in [0.3, 0.4) is 0 Å². The first-order valence-corrected chi connectivity index (χ1v) is 13.5. The molecule has 6 heteroatoms. The molecule has 0 saturated carbocycles. The topological polar surface area (TPSA) is 74.2 Å². The highest BCUT2D eigenvalue weighted by Crippen LogP contribution is 2.38. The van der Waals surface area contributed by atoms with E-state index in [1.54, 1.807) is 0 Å². The van der Waals surface area contributed by atoms with Gasteiger partial charge >= 0.3 is 5.97 Å². The van der Waals surface area contributed by atoms with Crippen molar-refractivity contribution in [2.24, 2.45) is 0 Å². The van der Waals surface area contributed by atoms with E-state index in [0.717, 1.165) is 40.0 Å². The van der Waals surface area contributed by atoms with Gasteiger partial charge in [-0.1, -0.05) is 29.8 Å². The molecule has 0 amide bonds. The predicted molar refractivity (Wildman–Crippen MR) is 151 cm³/mol. The number of aliphatic carboxylic acids is 1. The maximum Gasteiger partial charge on any atom is 0.304 e. The first-order valence-electron chi connectivity index (χ1n) is 13.5. The molecule has 5 rings (SSSR count). The molecule has 2 aliphatic heterocycles. The molecule has 0 radical (unpaired) electrons. The zero-order valence-corrected chi connectivity index (χ0v) is 23.1. The minimum atomic E-state index is -0.818. The van der Waals surface area contributed by atoms with Crippen LogP contribution in [-0.2, 0) is 16.1 Å². The summed E-state index contributed by atoms with van der Waals surface area (Å²) in [5, 5.41) is 9.11. The Morgan fingerprint density at radius 3 is 2.49 bits per heavy atom. The zero-order valence-electron chi connectivity index (χ0n) is 23.1. The second kappa shape index (κ2) is 11.5. The van der Waals surface area contributed by atoms with E-state index >= 15 is 0 Å². The molecule has 2 atom stereocenters. The van der Waals surface area contributed by atoms with Crippen molar-refractivity contribution in [3.05, 3.63) is 88.0 Å². The third-order valence-corrected chi connectivity index (χ3v) is 7.65. The summed E-state index contributed by atoms with van der Waals surface area (Å²) in [6, 6.07) is 18.3. The van der Waals surface area contributed by atoms with E-state index in [-0.39, 0.29) is 18.4 Å². The number of carbonyl (C=O) groups is 1. The summed E-state index contributed by atoms with van der Waals surface area (Å²) in [6.45, 7) is 10.6. The Kier molecular flexibility index (Phi) is 7.94. The van der Waals surface area contributed by atoms with Gasteiger partial charge in [0.1, 0.15) is 30.5 Å². The van der Waals surface area contributed by atoms with E-state index in [0.29, 0.717) is 37.9 Å². The Hall–Kier alpha value is -3.77. The summed E-state index contributed by atoms with van der Waals surface area (Å²) in [5.74, 6) is 1.34. The fourth-order valence-electron chi connectivity index (χ4n) is 5.41. The molecule has 2 heterocycles. The van der Waals surface area contributed by atoms with E-state index in [9.17, 15) is 4.79 Å². The summed E-state index contributed by atoms with van der Waals surface area (Å²) in [7, 11) is 0. The average molecular weight is 529 g/mol. The number of aryl methyl sites for hydroxylation is 2. The highest BCUT2D eigenvalue weighted by molar-refractivity contribution is 5.72. The van der Waals surface area contributed by atoms with Gasteiger partial charge in [-0.05, 0) is 91.8 Å². The maximum atomic E-state index is 11.1. The van der Waals surface area contributed by atoms with E-state index in [4.69, 9.17) is 24.1 Å². The van der Waals surface area contributed by atoms with Gasteiger partial charge in [-0.25, -0.2) is 0 Å². The first kappa shape index (κ1) is 26.8. The van der Waals surface area contributed by atoms with Crippen molar-refractivity contribution in [1.82, 2.24) is 0 Å². The van der Waals surface area contributed by atoms with Crippen LogP contribution in [-0.4, -0.2) is 37.0 Å². The molecule has 3 aromatic rings. The molecule has 0 saturated heterocycles. The minimum Gasteiger partial charge on any atom is -0.492 e. The molecule has 2 unspecified atom stereocenters. The van der Waals surface area contributed by atoms with E-state index in [1.807, 2.05) is 18.2 Å². The number of carboxylic acids is 1. The van der Waals surface area contributed by atoms with Gasteiger partial charge in [-0.2, -0.15) is 0 Å². The number of benzene rings is 3. The molecule has 1 N–H and O–H groups in total. The van der Waals surface area contributed by atoms with E-state index in [2.05, 4.69) is 64.1 Å². The monoisotopic (exact) mass is 528 g/mol. The molecule has 6 nitrogen and oxygen atoms in total. The lowest BCUT2D eigenvalue weighted by Gasteiger charge is -2.25. The molecular formula is C33H36O6. The second-order valence-corrected chi connectivity index (χ2v) is 10.7. The maximum absolute atomic E-state index is 11.1. The summed E-state index contributed by atoms with van der Waals surface area (Å²) in [6.07, 6.45) is 1.08. The number of fused-ring (bicyclic) bond motifs is 1. The number of carboxylic acid groups (broad SMARTS) is 1. The van der Waals surface area contributed by atoms with E-state index < -0.39 is 5.97 Å². The molecule has 0 fully saturated rings. The minimum absolute atomic E-state index is 0.0673. The van der Waals surface area contributed by atoms with Crippen LogP contribution in [0.5, 0.6) is 17.2 Å². The number of hydrogen-bond donors (Lipinski definition) is 1. The molecule has 0 bridgehead atoms. The molecule has 204 valence electrons. The van der Waals surface area contributed by atoms with Gasteiger partial charge in [0.2, 0.25) is 0 Å². The quantitative estimate of drug-likeness (QED) is 0.301. The van der Waals surface area contributed by atoms with Crippen molar-refractivity contribution >= 4 is 5.97 Å². The molecule has 0 aromatic heterocycles. The number of hydrogen-bond acceptors (Lipinski definition) is 5. The van der Waals surface area contributed by atoms with Crippen molar-refractivity contribution in [2.75, 3.05) is 19.8 Å². The van der Waals surface area contributed by atoms with Crippen molar-refractivity contribution < 1.29 is 28.8 Å². The smallest absolute Gasteiger partial charge is 0.304 e. The van der Waals surface area contributed by atoms with Crippen molar-refractivity contribution in [2.45, 2.75) is 59.2 Å². The molecule has 39 heavy (non-hydrogen) atoms. The Bertz CT molecular complexity index is 1380. The van der Waals surface area contributed by atoms with Crippen LogP contribution in [0.1, 0.15) is 54.9 Å². The summed E-state index contributed by atoms with van der Waals surface area (Å²) >= 11 is 0. The first-order chi connectivity index (χ1) is 18.8. The van der Waals surface area contributed by atoms with Crippen LogP contribution in [0.15, 0.2) is 65.7 Å². The third-order valence-electron chi connectivity index (χ3n) is 7.65. The van der Waals surface area contributed by atoms with Gasteiger partial charge in [0, 0.05) is 17.5 Å². The lowest BCUT2D eigenvalue weighted by Crippen LogP contribution is -2.26. The molecular weight excluding hydrogens is 492 g/mol. The van der Waals surface area contributed by atoms with Crippen molar-refractivity contribution in [3.8, 4) is 28.4 Å². The molecule has 0 spiro atoms. The normalized spacial score (nSPS) is 18.5. The Morgan fingerprint density at radius 2 is 1.74 bits per heavy atom. The Morgan fingerprint density at radius 1 is 0.949 bits per heavy atom. The standard InChI is InChI=1S/C33H36O6/c1-20-10-29(36-16-23(20)4)19-38-28-11-21(2)33(22(3)12-28)25-7-5-6-24(13-25)17-37-27-8-9-30-26(14-32(34)35)18-39-31(30)15-27/h5-9,11-13,15,26,29H,10,14,16-19H2,1-4H3,(H,34,35). The zero-order chi connectivity index (χ0) is 27.5. The number of ether oxygens (including phenoxy) is 4. The molecule has 0 aliphatic carbocycles. The Balaban J connectivity index is 1.24. The van der Waals surface area contributed by atoms with Crippen molar-refractivity contribution in [1.29, 1.82) is 0 Å². The van der Waals surface area contributed by atoms with Gasteiger partial charge in [-0.3, -0.25) is 4.79 Å². The van der Waals surface area contributed by atoms with Crippen LogP contribution in [0.25, 0.3) is 11.1 Å². The lowest BCUT2D eigenvalue weighted by atomic mass is 9.94. The van der Waals surface area contributed by atoms with Gasteiger partial charge in [-0.15, -0.1) is 0 Å². The Labute approximate surface area is 230 Å². The summed E-state index contributed by atoms with van der Waals surface area (Å²) < 4.78 is 23.9. The van der Waals surface area contributed by atoms with Gasteiger partial charge in [0.15, 0.2) is 0 Å². The number of rotatable bonds is 9. The van der Waals surface area contributed by atoms with Gasteiger partial charge in [0.25, 0.3) is 0 Å². The second-order valence-electron chi connectivity index (χ2n) is 10.7. The highest BCUT2D eigenvalue weighted by Gasteiger charge is 2.26. The van der Waals surface area contributed by atoms with Crippen LogP contribution in [0.4, 0.5) is 0 Å². The molecule has 3 aromatic carbocycles. The van der Waals surface area contributed by atoms with E-state index in [1.165, 1.54) is 16.7 Å². The van der Waals surface area contributed by atoms with Gasteiger partial charge in [0.05, 0.1) is 25.7 Å². The summed E-state index contributed by atoms with van der Waals surface area (Å²) in [4.78, 5) is 11.1. The average Bonchev–Trinajstić information content (AvgIpc) is 3.29. The third kappa shape index (κ3) is 6.28. The molecule has 2 aliphatic rings. The fraction of sp³-hybridized carbons (Fsp3) is 0.364. The van der Waals surface area contributed by atoms with Crippen molar-refractivity contribution in [3.63, 3.8) is 0 Å². The lowest BCUT2D eigenvalue weighted by molar-refractivity contribution is -0.137.